The van der Waals surface area contributed by atoms with E-state index >= 15 is 0 Å². The molecule has 0 fully saturated rings. The van der Waals surface area contributed by atoms with Gasteiger partial charge in [-0.25, -0.2) is 4.79 Å². The minimum atomic E-state index is -0.175. The highest BCUT2D eigenvalue weighted by molar-refractivity contribution is 5.73. The third-order valence-corrected chi connectivity index (χ3v) is 3.78. The summed E-state index contributed by atoms with van der Waals surface area (Å²) in [7, 11) is 1.75. The Balaban J connectivity index is 1.43. The predicted octanol–water partition coefficient (Wildman–Crippen LogP) is 2.11. The zero-order valence-electron chi connectivity index (χ0n) is 13.6. The lowest BCUT2D eigenvalue weighted by molar-refractivity contribution is 0.0716. The highest BCUT2D eigenvalue weighted by atomic mass is 16.6. The molecule has 0 saturated carbocycles. The molecule has 1 atom stereocenters. The molecule has 2 amide bonds. The van der Waals surface area contributed by atoms with Crippen LogP contribution < -0.4 is 14.8 Å². The van der Waals surface area contributed by atoms with E-state index in [1.165, 1.54) is 0 Å². The van der Waals surface area contributed by atoms with Crippen molar-refractivity contribution in [3.05, 3.63) is 54.4 Å². The van der Waals surface area contributed by atoms with E-state index in [9.17, 15) is 4.79 Å². The number of para-hydroxylation sites is 2. The summed E-state index contributed by atoms with van der Waals surface area (Å²) < 4.78 is 11.5. The number of amides is 2. The molecular weight excluding hydrogens is 306 g/mol. The Morgan fingerprint density at radius 1 is 1.25 bits per heavy atom. The number of hydrogen-bond donors (Lipinski definition) is 1. The van der Waals surface area contributed by atoms with Crippen molar-refractivity contribution in [1.82, 2.24) is 15.2 Å². The zero-order valence-corrected chi connectivity index (χ0v) is 13.6. The van der Waals surface area contributed by atoms with E-state index in [0.29, 0.717) is 26.1 Å². The van der Waals surface area contributed by atoms with Crippen LogP contribution in [-0.2, 0) is 6.42 Å². The number of nitrogens with one attached hydrogen (secondary N) is 1. The Morgan fingerprint density at radius 3 is 2.83 bits per heavy atom. The van der Waals surface area contributed by atoms with Crippen LogP contribution in [0.3, 0.4) is 0 Å². The summed E-state index contributed by atoms with van der Waals surface area (Å²) in [6.07, 6.45) is 2.28. The number of fused-ring (bicyclic) bond motifs is 1. The fraction of sp³-hybridized carbons (Fsp3) is 0.333. The quantitative estimate of drug-likeness (QED) is 0.913. The van der Waals surface area contributed by atoms with Gasteiger partial charge in [0.25, 0.3) is 0 Å². The number of nitrogens with zero attached hydrogens (tertiary/aromatic N) is 2. The van der Waals surface area contributed by atoms with Crippen molar-refractivity contribution < 1.29 is 14.3 Å². The molecule has 1 aliphatic rings. The number of ether oxygens (including phenoxy) is 2. The smallest absolute Gasteiger partial charge is 0.317 e. The van der Waals surface area contributed by atoms with Crippen molar-refractivity contribution in [2.75, 3.05) is 26.7 Å². The zero-order chi connectivity index (χ0) is 16.8. The molecule has 0 aliphatic carbocycles. The predicted molar refractivity (Wildman–Crippen MR) is 90.3 cm³/mol. The number of rotatable bonds is 5. The molecule has 6 heteroatoms. The van der Waals surface area contributed by atoms with Gasteiger partial charge in [0, 0.05) is 31.9 Å². The molecule has 6 nitrogen and oxygen atoms in total. The van der Waals surface area contributed by atoms with Gasteiger partial charge in [0.15, 0.2) is 17.6 Å². The molecule has 2 heterocycles. The number of carbonyl (C=O) groups is 1. The lowest BCUT2D eigenvalue weighted by Crippen LogP contribution is -2.45. The first kappa shape index (κ1) is 16.1. The highest BCUT2D eigenvalue weighted by Crippen LogP contribution is 2.30. The van der Waals surface area contributed by atoms with Crippen LogP contribution in [0.25, 0.3) is 0 Å². The van der Waals surface area contributed by atoms with Crippen LogP contribution >= 0.6 is 0 Å². The summed E-state index contributed by atoms with van der Waals surface area (Å²) >= 11 is 0. The van der Waals surface area contributed by atoms with Crippen LogP contribution in [0.5, 0.6) is 11.5 Å². The number of aromatic nitrogens is 1. The molecule has 1 unspecified atom stereocenters. The van der Waals surface area contributed by atoms with E-state index in [-0.39, 0.29) is 12.1 Å². The van der Waals surface area contributed by atoms with Gasteiger partial charge < -0.3 is 19.7 Å². The number of urea groups is 1. The molecule has 0 saturated heterocycles. The third-order valence-electron chi connectivity index (χ3n) is 3.78. The molecule has 1 aliphatic heterocycles. The van der Waals surface area contributed by atoms with Crippen molar-refractivity contribution in [3.63, 3.8) is 0 Å². The summed E-state index contributed by atoms with van der Waals surface area (Å²) in [5, 5.41) is 2.89. The maximum Gasteiger partial charge on any atom is 0.317 e. The van der Waals surface area contributed by atoms with Gasteiger partial charge in [-0.05, 0) is 24.3 Å². The average molecular weight is 327 g/mol. The van der Waals surface area contributed by atoms with Crippen LogP contribution in [0.2, 0.25) is 0 Å². The summed E-state index contributed by atoms with van der Waals surface area (Å²) in [4.78, 5) is 18.0. The fourth-order valence-electron chi connectivity index (χ4n) is 2.52. The minimum Gasteiger partial charge on any atom is -0.486 e. The monoisotopic (exact) mass is 327 g/mol. The van der Waals surface area contributed by atoms with E-state index < -0.39 is 0 Å². The SMILES string of the molecule is CN(CC1COc2ccccc2O1)C(=O)NCCc1ccccn1. The lowest BCUT2D eigenvalue weighted by atomic mass is 10.2. The average Bonchev–Trinajstić information content (AvgIpc) is 2.62. The number of likely N-dealkylation sites (N-methyl/N-ethyl adjacent to an activating group) is 1. The number of hydrogen-bond acceptors (Lipinski definition) is 4. The molecular formula is C18H21N3O3. The molecule has 0 bridgehead atoms. The van der Waals surface area contributed by atoms with Crippen LogP contribution in [0.15, 0.2) is 48.7 Å². The van der Waals surface area contributed by atoms with Crippen molar-refractivity contribution in [2.45, 2.75) is 12.5 Å². The molecule has 0 radical (unpaired) electrons. The second kappa shape index (κ2) is 7.68. The van der Waals surface area contributed by atoms with Gasteiger partial charge in [-0.15, -0.1) is 0 Å². The Labute approximate surface area is 141 Å². The molecule has 126 valence electrons. The Bertz CT molecular complexity index is 678. The molecule has 1 aromatic heterocycles. The standard InChI is InChI=1S/C18H21N3O3/c1-21(18(22)20-11-9-14-6-4-5-10-19-14)12-15-13-23-16-7-2-3-8-17(16)24-15/h2-8,10,15H,9,11-13H2,1H3,(H,20,22). The van der Waals surface area contributed by atoms with Gasteiger partial charge in [0.05, 0.1) is 6.54 Å². The minimum absolute atomic E-state index is 0.131. The summed E-state index contributed by atoms with van der Waals surface area (Å²) in [5.74, 6) is 1.47. The van der Waals surface area contributed by atoms with Crippen LogP contribution in [-0.4, -0.2) is 48.8 Å². The van der Waals surface area contributed by atoms with Crippen molar-refractivity contribution in [2.24, 2.45) is 0 Å². The van der Waals surface area contributed by atoms with Crippen LogP contribution in [0.4, 0.5) is 4.79 Å². The molecule has 24 heavy (non-hydrogen) atoms. The van der Waals surface area contributed by atoms with Gasteiger partial charge in [-0.2, -0.15) is 0 Å². The largest absolute Gasteiger partial charge is 0.486 e. The van der Waals surface area contributed by atoms with Crippen LogP contribution in [0.1, 0.15) is 5.69 Å². The fourth-order valence-corrected chi connectivity index (χ4v) is 2.52. The van der Waals surface area contributed by atoms with E-state index in [2.05, 4.69) is 10.3 Å². The van der Waals surface area contributed by atoms with E-state index in [1.807, 2.05) is 42.5 Å². The molecule has 1 N–H and O–H groups in total. The Kier molecular flexibility index (Phi) is 5.15. The van der Waals surface area contributed by atoms with Crippen molar-refractivity contribution in [3.8, 4) is 11.5 Å². The third kappa shape index (κ3) is 4.16. The molecule has 0 spiro atoms. The van der Waals surface area contributed by atoms with Gasteiger partial charge in [-0.1, -0.05) is 18.2 Å². The Hall–Kier alpha value is -2.76. The van der Waals surface area contributed by atoms with Gasteiger partial charge >= 0.3 is 6.03 Å². The first-order chi connectivity index (χ1) is 11.7. The second-order valence-electron chi connectivity index (χ2n) is 5.68. The van der Waals surface area contributed by atoms with Gasteiger partial charge in [0.2, 0.25) is 0 Å². The van der Waals surface area contributed by atoms with Gasteiger partial charge in [0.1, 0.15) is 6.61 Å². The van der Waals surface area contributed by atoms with E-state index in [1.54, 1.807) is 18.1 Å². The second-order valence-corrected chi connectivity index (χ2v) is 5.68. The summed E-state index contributed by atoms with van der Waals surface area (Å²) in [5.41, 5.74) is 0.959. The number of pyridine rings is 1. The molecule has 2 aromatic rings. The van der Waals surface area contributed by atoms with E-state index in [4.69, 9.17) is 9.47 Å². The lowest BCUT2D eigenvalue weighted by Gasteiger charge is -2.29. The van der Waals surface area contributed by atoms with E-state index in [0.717, 1.165) is 17.2 Å². The van der Waals surface area contributed by atoms with Crippen LogP contribution in [0, 0.1) is 0 Å². The maximum absolute atomic E-state index is 12.2. The van der Waals surface area contributed by atoms with Gasteiger partial charge in [-0.3, -0.25) is 4.98 Å². The summed E-state index contributed by atoms with van der Waals surface area (Å²) in [6.45, 7) is 1.44. The molecule has 3 rings (SSSR count). The normalized spacial score (nSPS) is 15.6. The first-order valence-corrected chi connectivity index (χ1v) is 8.00. The molecule has 1 aromatic carbocycles. The Morgan fingerprint density at radius 2 is 2.04 bits per heavy atom. The highest BCUT2D eigenvalue weighted by Gasteiger charge is 2.23. The topological polar surface area (TPSA) is 63.7 Å². The summed E-state index contributed by atoms with van der Waals surface area (Å²) in [6, 6.07) is 13.2. The maximum atomic E-state index is 12.2. The number of carbonyl (C=O) groups excluding carboxylic acids is 1. The van der Waals surface area contributed by atoms with Crippen molar-refractivity contribution >= 4 is 6.03 Å². The first-order valence-electron chi connectivity index (χ1n) is 8.00. The number of benzene rings is 1. The van der Waals surface area contributed by atoms with Crippen molar-refractivity contribution in [1.29, 1.82) is 0 Å².